The van der Waals surface area contributed by atoms with Crippen molar-refractivity contribution in [1.29, 1.82) is 0 Å². The van der Waals surface area contributed by atoms with Gasteiger partial charge in [-0.1, -0.05) is 32.9 Å². The first kappa shape index (κ1) is 19.0. The van der Waals surface area contributed by atoms with Crippen LogP contribution < -0.4 is 0 Å². The first-order valence-electron chi connectivity index (χ1n) is 9.46. The molecule has 1 saturated carbocycles. The van der Waals surface area contributed by atoms with Gasteiger partial charge in [0.2, 0.25) is 0 Å². The number of carboxylic acids is 1. The van der Waals surface area contributed by atoms with Gasteiger partial charge < -0.3 is 5.11 Å². The molecule has 1 fully saturated rings. The Bertz CT molecular complexity index is 589. The van der Waals surface area contributed by atoms with E-state index in [1.165, 1.54) is 35.1 Å². The van der Waals surface area contributed by atoms with Crippen LogP contribution >= 0.6 is 0 Å². The molecule has 2 nitrogen and oxygen atoms in total. The molecule has 0 radical (unpaired) electrons. The average Bonchev–Trinajstić information content (AvgIpc) is 3.25. The van der Waals surface area contributed by atoms with E-state index in [2.05, 4.69) is 46.8 Å². The van der Waals surface area contributed by atoms with Crippen LogP contribution in [0.2, 0.25) is 0 Å². The lowest BCUT2D eigenvalue weighted by atomic mass is 9.85. The van der Waals surface area contributed by atoms with Gasteiger partial charge in [0.15, 0.2) is 0 Å². The summed E-state index contributed by atoms with van der Waals surface area (Å²) >= 11 is 0. The van der Waals surface area contributed by atoms with Gasteiger partial charge in [-0.15, -0.1) is 0 Å². The Labute approximate surface area is 147 Å². The molecule has 134 valence electrons. The molecule has 1 aliphatic rings. The number of aryl methyl sites for hydroxylation is 2. The van der Waals surface area contributed by atoms with E-state index in [-0.39, 0.29) is 5.41 Å². The van der Waals surface area contributed by atoms with E-state index in [1.54, 1.807) is 0 Å². The number of aliphatic carboxylic acids is 1. The molecule has 0 amide bonds. The van der Waals surface area contributed by atoms with Crippen LogP contribution in [0.5, 0.6) is 0 Å². The molecule has 1 aromatic rings. The lowest BCUT2D eigenvalue weighted by molar-refractivity contribution is -0.143. The Morgan fingerprint density at radius 1 is 1.04 bits per heavy atom. The maximum absolute atomic E-state index is 11.3. The molecular weight excluding hydrogens is 296 g/mol. The van der Waals surface area contributed by atoms with Crippen LogP contribution in [0.3, 0.4) is 0 Å². The van der Waals surface area contributed by atoms with Crippen LogP contribution in [0.4, 0.5) is 0 Å². The van der Waals surface area contributed by atoms with Gasteiger partial charge in [0.05, 0.1) is 5.41 Å². The number of benzene rings is 1. The first-order chi connectivity index (χ1) is 11.1. The van der Waals surface area contributed by atoms with Crippen molar-refractivity contribution in [3.05, 3.63) is 34.4 Å². The van der Waals surface area contributed by atoms with Gasteiger partial charge in [0, 0.05) is 0 Å². The van der Waals surface area contributed by atoms with Gasteiger partial charge in [-0.3, -0.25) is 4.79 Å². The van der Waals surface area contributed by atoms with Crippen molar-refractivity contribution in [2.45, 2.75) is 86.0 Å². The van der Waals surface area contributed by atoms with Crippen LogP contribution in [0.25, 0.3) is 0 Å². The van der Waals surface area contributed by atoms with E-state index in [9.17, 15) is 9.90 Å². The summed E-state index contributed by atoms with van der Waals surface area (Å²) < 4.78 is 0. The molecule has 0 unspecified atom stereocenters. The summed E-state index contributed by atoms with van der Waals surface area (Å²) in [5.41, 5.74) is 5.75. The minimum atomic E-state index is -0.589. The number of rotatable bonds is 8. The largest absolute Gasteiger partial charge is 0.481 e. The second-order valence-corrected chi connectivity index (χ2v) is 9.01. The van der Waals surface area contributed by atoms with Crippen molar-refractivity contribution >= 4 is 5.97 Å². The molecule has 1 aromatic carbocycles. The van der Waals surface area contributed by atoms with Crippen LogP contribution in [0.1, 0.15) is 81.5 Å². The first-order valence-corrected chi connectivity index (χ1v) is 9.46. The summed E-state index contributed by atoms with van der Waals surface area (Å²) in [5, 5.41) is 9.35. The standard InChI is InChI=1S/C22H34O2/c1-16-10-11-17(2)19(18(16)8-6-12-21(3,4)5)9-7-13-22(14-15-22)20(23)24/h10-11H,6-9,12-15H2,1-5H3,(H,23,24). The number of carbonyl (C=O) groups is 1. The van der Waals surface area contributed by atoms with Crippen LogP contribution in [0.15, 0.2) is 12.1 Å². The maximum atomic E-state index is 11.3. The van der Waals surface area contributed by atoms with E-state index in [4.69, 9.17) is 0 Å². The van der Waals surface area contributed by atoms with Crippen molar-refractivity contribution < 1.29 is 9.90 Å². The van der Waals surface area contributed by atoms with E-state index in [1.807, 2.05) is 0 Å². The third kappa shape index (κ3) is 4.84. The molecule has 24 heavy (non-hydrogen) atoms. The molecule has 0 heterocycles. The highest BCUT2D eigenvalue weighted by atomic mass is 16.4. The van der Waals surface area contributed by atoms with E-state index >= 15 is 0 Å². The summed E-state index contributed by atoms with van der Waals surface area (Å²) in [5.74, 6) is -0.589. The van der Waals surface area contributed by atoms with Crippen LogP contribution in [-0.4, -0.2) is 11.1 Å². The summed E-state index contributed by atoms with van der Waals surface area (Å²) in [4.78, 5) is 11.3. The minimum Gasteiger partial charge on any atom is -0.481 e. The molecule has 2 heteroatoms. The SMILES string of the molecule is Cc1ccc(C)c(CCCC2(C(=O)O)CC2)c1CCCC(C)(C)C. The van der Waals surface area contributed by atoms with Crippen molar-refractivity contribution in [1.82, 2.24) is 0 Å². The molecule has 0 aromatic heterocycles. The Morgan fingerprint density at radius 3 is 1.96 bits per heavy atom. The highest BCUT2D eigenvalue weighted by Gasteiger charge is 2.49. The lowest BCUT2D eigenvalue weighted by Gasteiger charge is -2.20. The molecule has 0 bridgehead atoms. The monoisotopic (exact) mass is 330 g/mol. The molecule has 0 atom stereocenters. The van der Waals surface area contributed by atoms with Gasteiger partial charge in [-0.05, 0) is 92.9 Å². The molecule has 1 N–H and O–H groups in total. The fraction of sp³-hybridized carbons (Fsp3) is 0.682. The predicted molar refractivity (Wildman–Crippen MR) is 101 cm³/mol. The average molecular weight is 331 g/mol. The van der Waals surface area contributed by atoms with Crippen LogP contribution in [0, 0.1) is 24.7 Å². The second-order valence-electron chi connectivity index (χ2n) is 9.01. The Morgan fingerprint density at radius 2 is 1.54 bits per heavy atom. The van der Waals surface area contributed by atoms with E-state index < -0.39 is 5.97 Å². The van der Waals surface area contributed by atoms with Crippen molar-refractivity contribution in [3.63, 3.8) is 0 Å². The van der Waals surface area contributed by atoms with Gasteiger partial charge in [-0.25, -0.2) is 0 Å². The lowest BCUT2D eigenvalue weighted by Crippen LogP contribution is -2.15. The van der Waals surface area contributed by atoms with Crippen molar-refractivity contribution in [3.8, 4) is 0 Å². The van der Waals surface area contributed by atoms with Crippen LogP contribution in [-0.2, 0) is 17.6 Å². The second kappa shape index (κ2) is 7.29. The third-order valence-electron chi connectivity index (χ3n) is 5.64. The zero-order chi connectivity index (χ0) is 18.0. The number of hydrogen-bond donors (Lipinski definition) is 1. The summed E-state index contributed by atoms with van der Waals surface area (Å²) in [6.45, 7) is 11.3. The fourth-order valence-electron chi connectivity index (χ4n) is 3.74. The molecule has 0 saturated heterocycles. The third-order valence-corrected chi connectivity index (χ3v) is 5.64. The zero-order valence-electron chi connectivity index (χ0n) is 16.2. The normalized spacial score (nSPS) is 16.2. The summed E-state index contributed by atoms with van der Waals surface area (Å²) in [7, 11) is 0. The quantitative estimate of drug-likeness (QED) is 0.648. The predicted octanol–water partition coefficient (Wildman–Crippen LogP) is 5.86. The molecule has 1 aliphatic carbocycles. The number of hydrogen-bond acceptors (Lipinski definition) is 1. The van der Waals surface area contributed by atoms with Gasteiger partial charge in [-0.2, -0.15) is 0 Å². The van der Waals surface area contributed by atoms with E-state index in [0.29, 0.717) is 5.41 Å². The molecular formula is C22H34O2. The van der Waals surface area contributed by atoms with Crippen molar-refractivity contribution in [2.24, 2.45) is 10.8 Å². The summed E-state index contributed by atoms with van der Waals surface area (Å²) in [6, 6.07) is 4.47. The topological polar surface area (TPSA) is 37.3 Å². The fourth-order valence-corrected chi connectivity index (χ4v) is 3.74. The number of carboxylic acid groups (broad SMARTS) is 1. The minimum absolute atomic E-state index is 0.385. The zero-order valence-corrected chi connectivity index (χ0v) is 16.2. The van der Waals surface area contributed by atoms with Gasteiger partial charge in [0.1, 0.15) is 0 Å². The highest BCUT2D eigenvalue weighted by Crippen LogP contribution is 2.50. The Hall–Kier alpha value is -1.31. The smallest absolute Gasteiger partial charge is 0.309 e. The van der Waals surface area contributed by atoms with Gasteiger partial charge in [0.25, 0.3) is 0 Å². The van der Waals surface area contributed by atoms with Gasteiger partial charge >= 0.3 is 5.97 Å². The maximum Gasteiger partial charge on any atom is 0.309 e. The highest BCUT2D eigenvalue weighted by molar-refractivity contribution is 5.77. The Kier molecular flexibility index (Phi) is 5.78. The molecule has 2 rings (SSSR count). The van der Waals surface area contributed by atoms with E-state index in [0.717, 1.165) is 38.5 Å². The molecule has 0 spiro atoms. The summed E-state index contributed by atoms with van der Waals surface area (Å²) in [6.07, 6.45) is 8.18. The van der Waals surface area contributed by atoms with Crippen molar-refractivity contribution in [2.75, 3.05) is 0 Å². The molecule has 0 aliphatic heterocycles. The Balaban J connectivity index is 2.02.